The number of likely N-dealkylation sites (N-methyl/N-ethyl adjacent to an activating group) is 1. The van der Waals surface area contributed by atoms with Crippen molar-refractivity contribution in [1.29, 1.82) is 0 Å². The summed E-state index contributed by atoms with van der Waals surface area (Å²) in [6.07, 6.45) is 2.12. The van der Waals surface area contributed by atoms with Crippen LogP contribution in [0.25, 0.3) is 0 Å². The molecule has 0 fully saturated rings. The van der Waals surface area contributed by atoms with E-state index in [-0.39, 0.29) is 5.54 Å². The molecule has 0 amide bonds. The summed E-state index contributed by atoms with van der Waals surface area (Å²) in [5.41, 5.74) is 1.18. The van der Waals surface area contributed by atoms with Crippen LogP contribution in [0.4, 0.5) is 5.95 Å². The van der Waals surface area contributed by atoms with Crippen molar-refractivity contribution in [3.05, 3.63) is 11.9 Å². The van der Waals surface area contributed by atoms with Crippen LogP contribution in [0.3, 0.4) is 0 Å². The molecular formula is C14H28N4. The third-order valence-corrected chi connectivity index (χ3v) is 3.33. The highest BCUT2D eigenvalue weighted by Crippen LogP contribution is 2.18. The van der Waals surface area contributed by atoms with E-state index >= 15 is 0 Å². The number of nitrogens with one attached hydrogen (secondary N) is 1. The molecule has 0 aliphatic rings. The van der Waals surface area contributed by atoms with Crippen LogP contribution in [0.15, 0.2) is 6.20 Å². The fraction of sp³-hybridized carbons (Fsp3) is 0.786. The van der Waals surface area contributed by atoms with Crippen LogP contribution in [0.5, 0.6) is 0 Å². The van der Waals surface area contributed by atoms with E-state index in [4.69, 9.17) is 0 Å². The van der Waals surface area contributed by atoms with E-state index < -0.39 is 0 Å². The standard InChI is InChI=1S/C14H28N4/c1-11(2)8-15-13-16-12(3)9-18(13)10-14(4,5)17(6)7/h9,11H,8,10H2,1-7H3,(H,15,16). The molecule has 18 heavy (non-hydrogen) atoms. The summed E-state index contributed by atoms with van der Waals surface area (Å²) in [4.78, 5) is 6.80. The van der Waals surface area contributed by atoms with Gasteiger partial charge in [0.25, 0.3) is 0 Å². The fourth-order valence-electron chi connectivity index (χ4n) is 1.66. The summed E-state index contributed by atoms with van der Waals surface area (Å²) in [6.45, 7) is 12.8. The van der Waals surface area contributed by atoms with Gasteiger partial charge in [0.15, 0.2) is 0 Å². The number of aromatic nitrogens is 2. The zero-order valence-electron chi connectivity index (χ0n) is 12.9. The van der Waals surface area contributed by atoms with Gasteiger partial charge in [0.1, 0.15) is 0 Å². The van der Waals surface area contributed by atoms with E-state index in [0.29, 0.717) is 5.92 Å². The van der Waals surface area contributed by atoms with E-state index in [9.17, 15) is 0 Å². The second-order valence-electron chi connectivity index (χ2n) is 6.32. The molecule has 0 atom stereocenters. The van der Waals surface area contributed by atoms with Gasteiger partial charge in [-0.1, -0.05) is 13.8 Å². The van der Waals surface area contributed by atoms with Gasteiger partial charge >= 0.3 is 0 Å². The number of anilines is 1. The minimum atomic E-state index is 0.113. The minimum absolute atomic E-state index is 0.113. The molecule has 1 aromatic rings. The van der Waals surface area contributed by atoms with Gasteiger partial charge in [0.2, 0.25) is 5.95 Å². The van der Waals surface area contributed by atoms with Gasteiger partial charge in [0, 0.05) is 24.8 Å². The molecule has 0 bridgehead atoms. The summed E-state index contributed by atoms with van der Waals surface area (Å²) >= 11 is 0. The third kappa shape index (κ3) is 4.02. The SMILES string of the molecule is Cc1cn(CC(C)(C)N(C)C)c(NCC(C)C)n1. The van der Waals surface area contributed by atoms with E-state index in [0.717, 1.165) is 24.7 Å². The molecule has 0 aliphatic carbocycles. The molecule has 104 valence electrons. The molecule has 1 N–H and O–H groups in total. The van der Waals surface area contributed by atoms with Crippen LogP contribution in [-0.4, -0.2) is 40.6 Å². The topological polar surface area (TPSA) is 33.1 Å². The van der Waals surface area contributed by atoms with Gasteiger partial charge in [-0.2, -0.15) is 0 Å². The number of nitrogens with zero attached hydrogens (tertiary/aromatic N) is 3. The molecule has 0 aromatic carbocycles. The number of aryl methyl sites for hydroxylation is 1. The maximum absolute atomic E-state index is 4.56. The first kappa shape index (κ1) is 15.0. The second-order valence-corrected chi connectivity index (χ2v) is 6.32. The molecule has 0 saturated heterocycles. The Bertz CT molecular complexity index is 377. The Balaban J connectivity index is 2.82. The first-order valence-corrected chi connectivity index (χ1v) is 6.67. The fourth-order valence-corrected chi connectivity index (χ4v) is 1.66. The Labute approximate surface area is 111 Å². The molecule has 1 rings (SSSR count). The average Bonchev–Trinajstić information content (AvgIpc) is 2.54. The number of hydrogen-bond donors (Lipinski definition) is 1. The first-order valence-electron chi connectivity index (χ1n) is 6.67. The lowest BCUT2D eigenvalue weighted by molar-refractivity contribution is 0.170. The smallest absolute Gasteiger partial charge is 0.203 e. The lowest BCUT2D eigenvalue weighted by Crippen LogP contribution is -2.42. The molecule has 1 heterocycles. The van der Waals surface area contributed by atoms with Crippen molar-refractivity contribution in [2.24, 2.45) is 5.92 Å². The summed E-state index contributed by atoms with van der Waals surface area (Å²) < 4.78 is 2.22. The quantitative estimate of drug-likeness (QED) is 0.845. The van der Waals surface area contributed by atoms with Crippen molar-refractivity contribution in [3.8, 4) is 0 Å². The van der Waals surface area contributed by atoms with Crippen LogP contribution in [0.2, 0.25) is 0 Å². The summed E-state index contributed by atoms with van der Waals surface area (Å²) in [5, 5.41) is 3.43. The van der Waals surface area contributed by atoms with Crippen molar-refractivity contribution in [2.45, 2.75) is 46.7 Å². The van der Waals surface area contributed by atoms with Gasteiger partial charge in [-0.25, -0.2) is 4.98 Å². The molecule has 4 heteroatoms. The zero-order valence-corrected chi connectivity index (χ0v) is 12.9. The predicted molar refractivity (Wildman–Crippen MR) is 78.1 cm³/mol. The number of rotatable bonds is 6. The monoisotopic (exact) mass is 252 g/mol. The maximum atomic E-state index is 4.56. The van der Waals surface area contributed by atoms with Crippen LogP contribution in [0, 0.1) is 12.8 Å². The Kier molecular flexibility index (Phi) is 4.79. The molecule has 0 aliphatic heterocycles. The first-order chi connectivity index (χ1) is 8.22. The number of imidazole rings is 1. The molecule has 0 spiro atoms. The van der Waals surface area contributed by atoms with E-state index in [2.05, 4.69) is 67.8 Å². The zero-order chi connectivity index (χ0) is 13.9. The summed E-state index contributed by atoms with van der Waals surface area (Å²) in [6, 6.07) is 0. The van der Waals surface area contributed by atoms with E-state index in [1.165, 1.54) is 0 Å². The van der Waals surface area contributed by atoms with Crippen LogP contribution < -0.4 is 5.32 Å². The second kappa shape index (κ2) is 5.74. The maximum Gasteiger partial charge on any atom is 0.203 e. The van der Waals surface area contributed by atoms with Crippen molar-refractivity contribution < 1.29 is 0 Å². The molecule has 4 nitrogen and oxygen atoms in total. The Morgan fingerprint density at radius 1 is 1.39 bits per heavy atom. The predicted octanol–water partition coefficient (Wildman–Crippen LogP) is 2.60. The molecule has 0 radical (unpaired) electrons. The van der Waals surface area contributed by atoms with Gasteiger partial charge in [-0.05, 0) is 40.8 Å². The highest BCUT2D eigenvalue weighted by atomic mass is 15.2. The van der Waals surface area contributed by atoms with Crippen LogP contribution in [-0.2, 0) is 6.54 Å². The van der Waals surface area contributed by atoms with Crippen molar-refractivity contribution in [3.63, 3.8) is 0 Å². The largest absolute Gasteiger partial charge is 0.355 e. The van der Waals surface area contributed by atoms with Crippen molar-refractivity contribution in [2.75, 3.05) is 26.0 Å². The normalized spacial score (nSPS) is 12.5. The highest BCUT2D eigenvalue weighted by Gasteiger charge is 2.22. The Morgan fingerprint density at radius 2 is 2.00 bits per heavy atom. The lowest BCUT2D eigenvalue weighted by Gasteiger charge is -2.33. The molecule has 0 unspecified atom stereocenters. The number of hydrogen-bond acceptors (Lipinski definition) is 3. The van der Waals surface area contributed by atoms with Crippen molar-refractivity contribution in [1.82, 2.24) is 14.5 Å². The van der Waals surface area contributed by atoms with Gasteiger partial charge in [0.05, 0.1) is 5.69 Å². The average molecular weight is 252 g/mol. The third-order valence-electron chi connectivity index (χ3n) is 3.33. The molecule has 0 saturated carbocycles. The summed E-state index contributed by atoms with van der Waals surface area (Å²) in [7, 11) is 4.23. The van der Waals surface area contributed by atoms with Gasteiger partial charge in [-0.3, -0.25) is 0 Å². The molecule has 1 aromatic heterocycles. The van der Waals surface area contributed by atoms with Crippen molar-refractivity contribution >= 4 is 5.95 Å². The molecular weight excluding hydrogens is 224 g/mol. The van der Waals surface area contributed by atoms with Gasteiger partial charge in [-0.15, -0.1) is 0 Å². The van der Waals surface area contributed by atoms with Gasteiger partial charge < -0.3 is 14.8 Å². The Morgan fingerprint density at radius 3 is 2.50 bits per heavy atom. The van der Waals surface area contributed by atoms with E-state index in [1.54, 1.807) is 0 Å². The highest BCUT2D eigenvalue weighted by molar-refractivity contribution is 5.29. The van der Waals surface area contributed by atoms with Crippen LogP contribution >= 0.6 is 0 Å². The Hall–Kier alpha value is -1.03. The minimum Gasteiger partial charge on any atom is -0.355 e. The lowest BCUT2D eigenvalue weighted by atomic mass is 10.0. The summed E-state index contributed by atoms with van der Waals surface area (Å²) in [5.74, 6) is 1.61. The van der Waals surface area contributed by atoms with Crippen LogP contribution in [0.1, 0.15) is 33.4 Å². The van der Waals surface area contributed by atoms with E-state index in [1.807, 2.05) is 6.92 Å².